The monoisotopic (exact) mass is 345 g/mol. The Labute approximate surface area is 151 Å². The molecule has 1 saturated carbocycles. The quantitative estimate of drug-likeness (QED) is 0.856. The van der Waals surface area contributed by atoms with Gasteiger partial charge < -0.3 is 14.9 Å². The molecule has 138 valence electrons. The molecule has 0 spiro atoms. The van der Waals surface area contributed by atoms with Crippen LogP contribution in [0.4, 0.5) is 5.69 Å². The fourth-order valence-corrected chi connectivity index (χ4v) is 3.91. The minimum absolute atomic E-state index is 0.0762. The van der Waals surface area contributed by atoms with Crippen LogP contribution in [0.25, 0.3) is 0 Å². The van der Waals surface area contributed by atoms with Gasteiger partial charge in [0.25, 0.3) is 0 Å². The fourth-order valence-electron chi connectivity index (χ4n) is 3.91. The average molecular weight is 345 g/mol. The van der Waals surface area contributed by atoms with Crippen LogP contribution in [0.3, 0.4) is 0 Å². The number of nitrogens with zero attached hydrogens (tertiary/aromatic N) is 3. The second-order valence-electron chi connectivity index (χ2n) is 7.59. The number of likely N-dealkylation sites (N-methyl/N-ethyl adjacent to an activating group) is 1. The molecule has 1 aliphatic heterocycles. The lowest BCUT2D eigenvalue weighted by Crippen LogP contribution is -2.49. The van der Waals surface area contributed by atoms with Gasteiger partial charge in [-0.15, -0.1) is 0 Å². The molecule has 5 nitrogen and oxygen atoms in total. The molecule has 1 aromatic rings. The first-order chi connectivity index (χ1) is 12.1. The molecule has 0 bridgehead atoms. The number of hydrogen-bond acceptors (Lipinski definition) is 4. The molecule has 0 radical (unpaired) electrons. The van der Waals surface area contributed by atoms with Crippen LogP contribution in [0.1, 0.15) is 32.1 Å². The first-order valence-electron chi connectivity index (χ1n) is 9.54. The minimum Gasteiger partial charge on any atom is -0.389 e. The van der Waals surface area contributed by atoms with Gasteiger partial charge in [-0.2, -0.15) is 0 Å². The molecule has 2 fully saturated rings. The first-order valence-corrected chi connectivity index (χ1v) is 9.54. The Morgan fingerprint density at radius 1 is 1.12 bits per heavy atom. The van der Waals surface area contributed by atoms with Crippen LogP contribution in [-0.2, 0) is 4.79 Å². The second kappa shape index (κ2) is 8.19. The van der Waals surface area contributed by atoms with Gasteiger partial charge in [0, 0.05) is 52.0 Å². The van der Waals surface area contributed by atoms with E-state index in [9.17, 15) is 9.90 Å². The minimum atomic E-state index is -0.743. The molecule has 5 heteroatoms. The Kier molecular flexibility index (Phi) is 5.97. The summed E-state index contributed by atoms with van der Waals surface area (Å²) in [7, 11) is 1.86. The van der Waals surface area contributed by atoms with Crippen molar-refractivity contribution >= 4 is 11.6 Å². The van der Waals surface area contributed by atoms with Crippen LogP contribution in [0.2, 0.25) is 0 Å². The predicted molar refractivity (Wildman–Crippen MR) is 101 cm³/mol. The molecule has 1 amide bonds. The van der Waals surface area contributed by atoms with E-state index in [1.165, 1.54) is 5.69 Å². The van der Waals surface area contributed by atoms with Crippen molar-refractivity contribution in [1.82, 2.24) is 9.80 Å². The van der Waals surface area contributed by atoms with Crippen LogP contribution < -0.4 is 4.90 Å². The molecule has 1 aliphatic carbocycles. The summed E-state index contributed by atoms with van der Waals surface area (Å²) in [4.78, 5) is 19.0. The van der Waals surface area contributed by atoms with Crippen molar-refractivity contribution in [2.45, 2.75) is 37.7 Å². The van der Waals surface area contributed by atoms with Crippen LogP contribution in [0.15, 0.2) is 30.3 Å². The highest BCUT2D eigenvalue weighted by Gasteiger charge is 2.34. The van der Waals surface area contributed by atoms with E-state index in [-0.39, 0.29) is 12.3 Å². The molecule has 3 rings (SSSR count). The Balaban J connectivity index is 1.38. The Bertz CT molecular complexity index is 549. The predicted octanol–water partition coefficient (Wildman–Crippen LogP) is 1.96. The van der Waals surface area contributed by atoms with E-state index in [0.717, 1.165) is 65.0 Å². The Hall–Kier alpha value is -1.59. The Morgan fingerprint density at radius 2 is 1.76 bits per heavy atom. The number of rotatable bonds is 6. The van der Waals surface area contributed by atoms with E-state index < -0.39 is 5.60 Å². The highest BCUT2D eigenvalue weighted by Crippen LogP contribution is 2.32. The van der Waals surface area contributed by atoms with Gasteiger partial charge in [-0.3, -0.25) is 9.69 Å². The number of carbonyl (C=O) groups is 1. The molecule has 1 heterocycles. The SMILES string of the molecule is CN(CCN1CCN(c2ccccc2)CC1)C(=O)CC1(O)CCCC1. The van der Waals surface area contributed by atoms with Crippen LogP contribution in [0, 0.1) is 0 Å². The van der Waals surface area contributed by atoms with Gasteiger partial charge in [0.2, 0.25) is 5.91 Å². The standard InChI is InChI=1S/C20H31N3O2/c1-21(19(24)17-20(25)9-5-6-10-20)11-12-22-13-15-23(16-14-22)18-7-3-2-4-8-18/h2-4,7-8,25H,5-6,9-17H2,1H3. The van der Waals surface area contributed by atoms with Crippen molar-refractivity contribution in [2.75, 3.05) is 51.2 Å². The Morgan fingerprint density at radius 3 is 2.40 bits per heavy atom. The number of para-hydroxylation sites is 1. The molecule has 0 aromatic heterocycles. The summed E-state index contributed by atoms with van der Waals surface area (Å²) in [6, 6.07) is 10.5. The van der Waals surface area contributed by atoms with Gasteiger partial charge in [-0.1, -0.05) is 31.0 Å². The molecular formula is C20H31N3O2. The summed E-state index contributed by atoms with van der Waals surface area (Å²) < 4.78 is 0. The third-order valence-corrected chi connectivity index (χ3v) is 5.69. The van der Waals surface area contributed by atoms with Gasteiger partial charge in [0.1, 0.15) is 0 Å². The van der Waals surface area contributed by atoms with Crippen molar-refractivity contribution < 1.29 is 9.90 Å². The zero-order valence-electron chi connectivity index (χ0n) is 15.4. The van der Waals surface area contributed by atoms with Crippen molar-refractivity contribution in [3.63, 3.8) is 0 Å². The molecule has 25 heavy (non-hydrogen) atoms. The zero-order chi connectivity index (χ0) is 17.7. The third-order valence-electron chi connectivity index (χ3n) is 5.69. The van der Waals surface area contributed by atoms with Crippen molar-refractivity contribution in [1.29, 1.82) is 0 Å². The number of hydrogen-bond donors (Lipinski definition) is 1. The van der Waals surface area contributed by atoms with Gasteiger partial charge in [0.15, 0.2) is 0 Å². The van der Waals surface area contributed by atoms with E-state index in [4.69, 9.17) is 0 Å². The number of anilines is 1. The molecule has 0 atom stereocenters. The maximum atomic E-state index is 12.4. The normalized spacial score (nSPS) is 20.6. The number of amides is 1. The summed E-state index contributed by atoms with van der Waals surface area (Å²) in [5, 5.41) is 10.4. The van der Waals surface area contributed by atoms with Crippen LogP contribution in [0.5, 0.6) is 0 Å². The lowest BCUT2D eigenvalue weighted by atomic mass is 9.97. The second-order valence-corrected chi connectivity index (χ2v) is 7.59. The molecule has 0 unspecified atom stereocenters. The number of aliphatic hydroxyl groups is 1. The number of piperazine rings is 1. The fraction of sp³-hybridized carbons (Fsp3) is 0.650. The highest BCUT2D eigenvalue weighted by atomic mass is 16.3. The summed E-state index contributed by atoms with van der Waals surface area (Å²) in [5.41, 5.74) is 0.548. The molecule has 1 N–H and O–H groups in total. The molecule has 1 aromatic carbocycles. The topological polar surface area (TPSA) is 47.0 Å². The van der Waals surface area contributed by atoms with E-state index in [1.54, 1.807) is 4.90 Å². The van der Waals surface area contributed by atoms with E-state index >= 15 is 0 Å². The summed E-state index contributed by atoms with van der Waals surface area (Å²) >= 11 is 0. The largest absolute Gasteiger partial charge is 0.389 e. The van der Waals surface area contributed by atoms with E-state index in [0.29, 0.717) is 0 Å². The first kappa shape index (κ1) is 18.2. The maximum absolute atomic E-state index is 12.4. The van der Waals surface area contributed by atoms with Crippen molar-refractivity contribution in [2.24, 2.45) is 0 Å². The lowest BCUT2D eigenvalue weighted by molar-refractivity contribution is -0.135. The molecular weight excluding hydrogens is 314 g/mol. The van der Waals surface area contributed by atoms with Crippen molar-refractivity contribution in [3.05, 3.63) is 30.3 Å². The van der Waals surface area contributed by atoms with E-state index in [1.807, 2.05) is 7.05 Å². The van der Waals surface area contributed by atoms with Gasteiger partial charge in [-0.25, -0.2) is 0 Å². The van der Waals surface area contributed by atoms with Gasteiger partial charge >= 0.3 is 0 Å². The average Bonchev–Trinajstić information content (AvgIpc) is 3.07. The third kappa shape index (κ3) is 4.95. The van der Waals surface area contributed by atoms with Crippen LogP contribution >= 0.6 is 0 Å². The zero-order valence-corrected chi connectivity index (χ0v) is 15.4. The van der Waals surface area contributed by atoms with Gasteiger partial charge in [0.05, 0.1) is 12.0 Å². The number of benzene rings is 1. The van der Waals surface area contributed by atoms with Crippen LogP contribution in [-0.4, -0.2) is 72.7 Å². The maximum Gasteiger partial charge on any atom is 0.225 e. The van der Waals surface area contributed by atoms with E-state index in [2.05, 4.69) is 40.1 Å². The smallest absolute Gasteiger partial charge is 0.225 e. The summed E-state index contributed by atoms with van der Waals surface area (Å²) in [6.45, 7) is 5.76. The molecule has 1 saturated heterocycles. The van der Waals surface area contributed by atoms with Crippen molar-refractivity contribution in [3.8, 4) is 0 Å². The highest BCUT2D eigenvalue weighted by molar-refractivity contribution is 5.77. The number of carbonyl (C=O) groups excluding carboxylic acids is 1. The molecule has 2 aliphatic rings. The lowest BCUT2D eigenvalue weighted by Gasteiger charge is -2.36. The van der Waals surface area contributed by atoms with Gasteiger partial charge in [-0.05, 0) is 25.0 Å². The summed E-state index contributed by atoms with van der Waals surface area (Å²) in [5.74, 6) is 0.0762. The summed E-state index contributed by atoms with van der Waals surface area (Å²) in [6.07, 6.45) is 3.91.